The molecule has 1 aromatic carbocycles. The van der Waals surface area contributed by atoms with Crippen LogP contribution in [0.3, 0.4) is 0 Å². The molecule has 0 radical (unpaired) electrons. The van der Waals surface area contributed by atoms with Crippen molar-refractivity contribution in [3.63, 3.8) is 0 Å². The summed E-state index contributed by atoms with van der Waals surface area (Å²) in [5.41, 5.74) is 4.97. The molecule has 3 N–H and O–H groups in total. The van der Waals surface area contributed by atoms with E-state index in [4.69, 9.17) is 12.2 Å². The summed E-state index contributed by atoms with van der Waals surface area (Å²) in [6.45, 7) is 4.52. The summed E-state index contributed by atoms with van der Waals surface area (Å²) in [7, 11) is 0. The second-order valence-corrected chi connectivity index (χ2v) is 7.95. The highest BCUT2D eigenvalue weighted by molar-refractivity contribution is 7.80. The quantitative estimate of drug-likeness (QED) is 0.526. The average molecular weight is 420 g/mol. The van der Waals surface area contributed by atoms with Gasteiger partial charge >= 0.3 is 0 Å². The number of aromatic amines is 1. The van der Waals surface area contributed by atoms with Crippen LogP contribution in [0.1, 0.15) is 41.0 Å². The number of H-pyrrole nitrogens is 1. The minimum atomic E-state index is -0.0839. The molecule has 0 spiro atoms. The summed E-state index contributed by atoms with van der Waals surface area (Å²) < 4.78 is 0. The number of aryl methyl sites for hydroxylation is 2. The molecule has 7 heteroatoms. The maximum Gasteiger partial charge on any atom is 0.226 e. The number of benzene rings is 1. The third kappa shape index (κ3) is 4.21. The lowest BCUT2D eigenvalue weighted by atomic mass is 10.0. The number of thiocarbonyl (C=S) groups is 1. The monoisotopic (exact) mass is 419 g/mol. The number of anilines is 1. The van der Waals surface area contributed by atoms with Crippen molar-refractivity contribution < 1.29 is 4.79 Å². The van der Waals surface area contributed by atoms with Gasteiger partial charge in [-0.15, -0.1) is 0 Å². The lowest BCUT2D eigenvalue weighted by molar-refractivity contribution is -0.116. The molecule has 2 atom stereocenters. The normalized spacial score (nSPS) is 18.3. The molecule has 0 bridgehead atoms. The molecule has 6 nitrogen and oxygen atoms in total. The Hall–Kier alpha value is -3.19. The van der Waals surface area contributed by atoms with Crippen molar-refractivity contribution >= 4 is 28.9 Å². The van der Waals surface area contributed by atoms with Crippen molar-refractivity contribution in [3.8, 4) is 0 Å². The summed E-state index contributed by atoms with van der Waals surface area (Å²) in [4.78, 5) is 22.6. The van der Waals surface area contributed by atoms with Gasteiger partial charge in [0, 0.05) is 36.7 Å². The second kappa shape index (κ2) is 8.67. The zero-order valence-electron chi connectivity index (χ0n) is 17.1. The number of amides is 1. The van der Waals surface area contributed by atoms with E-state index in [-0.39, 0.29) is 18.0 Å². The molecular weight excluding hydrogens is 394 g/mol. The predicted molar refractivity (Wildman–Crippen MR) is 122 cm³/mol. The number of aromatic nitrogens is 2. The molecule has 0 saturated carbocycles. The maximum atomic E-state index is 12.7. The smallest absolute Gasteiger partial charge is 0.226 e. The zero-order valence-corrected chi connectivity index (χ0v) is 17.9. The Kier molecular flexibility index (Phi) is 5.81. The average Bonchev–Trinajstić information content (AvgIpc) is 3.37. The van der Waals surface area contributed by atoms with Crippen molar-refractivity contribution in [2.24, 2.45) is 0 Å². The molecule has 3 heterocycles. The highest BCUT2D eigenvalue weighted by Gasteiger charge is 2.40. The van der Waals surface area contributed by atoms with Crippen molar-refractivity contribution in [2.45, 2.75) is 32.4 Å². The molecule has 154 valence electrons. The fourth-order valence-corrected chi connectivity index (χ4v) is 4.15. The Balaban J connectivity index is 1.50. The topological polar surface area (TPSA) is 73.1 Å². The molecule has 30 heavy (non-hydrogen) atoms. The molecule has 1 aliphatic heterocycles. The Morgan fingerprint density at radius 3 is 2.80 bits per heavy atom. The number of carbonyl (C=O) groups is 1. The number of hydrogen-bond donors (Lipinski definition) is 3. The summed E-state index contributed by atoms with van der Waals surface area (Å²) in [6.07, 6.45) is 4.02. The van der Waals surface area contributed by atoms with Crippen LogP contribution in [0.2, 0.25) is 0 Å². The maximum absolute atomic E-state index is 12.7. The summed E-state index contributed by atoms with van der Waals surface area (Å²) in [5.74, 6) is -0.0296. The molecule has 2 aromatic heterocycles. The first kappa shape index (κ1) is 20.1. The van der Waals surface area contributed by atoms with Gasteiger partial charge < -0.3 is 20.5 Å². The SMILES string of the molecule is Cc1ccc(C)c(NC(=O)CCN2C(=S)NC(c3ccccn3)C2c2ccc[nH]2)c1. The number of pyridine rings is 1. The van der Waals surface area contributed by atoms with Gasteiger partial charge in [0.05, 0.1) is 17.8 Å². The van der Waals surface area contributed by atoms with Crippen LogP contribution in [-0.2, 0) is 4.79 Å². The van der Waals surface area contributed by atoms with Crippen molar-refractivity contribution in [1.82, 2.24) is 20.2 Å². The van der Waals surface area contributed by atoms with E-state index >= 15 is 0 Å². The molecule has 4 rings (SSSR count). The third-order valence-electron chi connectivity index (χ3n) is 5.39. The largest absolute Gasteiger partial charge is 0.363 e. The van der Waals surface area contributed by atoms with Gasteiger partial charge in [-0.2, -0.15) is 0 Å². The summed E-state index contributed by atoms with van der Waals surface area (Å²) >= 11 is 5.63. The van der Waals surface area contributed by atoms with E-state index in [0.717, 1.165) is 28.2 Å². The molecular formula is C23H25N5OS. The summed E-state index contributed by atoms with van der Waals surface area (Å²) in [5, 5.41) is 7.05. The van der Waals surface area contributed by atoms with Gasteiger partial charge in [0.2, 0.25) is 5.91 Å². The lowest BCUT2D eigenvalue weighted by Crippen LogP contribution is -2.32. The van der Waals surface area contributed by atoms with E-state index in [1.807, 2.05) is 68.6 Å². The first-order valence-corrected chi connectivity index (χ1v) is 10.4. The Labute approximate surface area is 181 Å². The van der Waals surface area contributed by atoms with E-state index in [9.17, 15) is 4.79 Å². The van der Waals surface area contributed by atoms with Crippen LogP contribution < -0.4 is 10.6 Å². The van der Waals surface area contributed by atoms with Gasteiger partial charge in [0.15, 0.2) is 5.11 Å². The van der Waals surface area contributed by atoms with Crippen LogP contribution >= 0.6 is 12.2 Å². The number of nitrogens with zero attached hydrogens (tertiary/aromatic N) is 2. The standard InChI is InChI=1S/C23H25N5OS/c1-15-8-9-16(2)19(14-15)26-20(29)10-13-28-22(18-7-5-12-25-18)21(27-23(28)30)17-6-3-4-11-24-17/h3-9,11-12,14,21-22,25H,10,13H2,1-2H3,(H,26,29)(H,27,30). The van der Waals surface area contributed by atoms with Crippen LogP contribution in [-0.4, -0.2) is 32.4 Å². The number of carbonyl (C=O) groups excluding carboxylic acids is 1. The van der Waals surface area contributed by atoms with E-state index in [0.29, 0.717) is 18.1 Å². The fraction of sp³-hybridized carbons (Fsp3) is 0.261. The molecule has 0 aliphatic carbocycles. The predicted octanol–water partition coefficient (Wildman–Crippen LogP) is 4.03. The highest BCUT2D eigenvalue weighted by atomic mass is 32.1. The van der Waals surface area contributed by atoms with Gasteiger partial charge in [0.1, 0.15) is 0 Å². The number of rotatable bonds is 6. The van der Waals surface area contributed by atoms with Crippen molar-refractivity contribution in [3.05, 3.63) is 83.4 Å². The van der Waals surface area contributed by atoms with Crippen molar-refractivity contribution in [2.75, 3.05) is 11.9 Å². The van der Waals surface area contributed by atoms with Crippen molar-refractivity contribution in [1.29, 1.82) is 0 Å². The Morgan fingerprint density at radius 1 is 1.20 bits per heavy atom. The molecule has 1 aliphatic rings. The second-order valence-electron chi connectivity index (χ2n) is 7.56. The third-order valence-corrected chi connectivity index (χ3v) is 5.74. The van der Waals surface area contributed by atoms with Gasteiger partial charge in [-0.3, -0.25) is 9.78 Å². The van der Waals surface area contributed by atoms with Crippen LogP contribution in [0.5, 0.6) is 0 Å². The molecule has 1 amide bonds. The minimum Gasteiger partial charge on any atom is -0.363 e. The van der Waals surface area contributed by atoms with E-state index in [2.05, 4.69) is 25.5 Å². The van der Waals surface area contributed by atoms with Gasteiger partial charge in [-0.05, 0) is 67.5 Å². The molecule has 3 aromatic rings. The van der Waals surface area contributed by atoms with Gasteiger partial charge in [-0.1, -0.05) is 18.2 Å². The Morgan fingerprint density at radius 2 is 2.07 bits per heavy atom. The van der Waals surface area contributed by atoms with Crippen LogP contribution in [0, 0.1) is 13.8 Å². The fourth-order valence-electron chi connectivity index (χ4n) is 3.82. The van der Waals surface area contributed by atoms with Gasteiger partial charge in [0.25, 0.3) is 0 Å². The molecule has 1 saturated heterocycles. The Bertz CT molecular complexity index is 1040. The summed E-state index contributed by atoms with van der Waals surface area (Å²) in [6, 6.07) is 15.8. The van der Waals surface area contributed by atoms with Crippen LogP contribution in [0.15, 0.2) is 60.9 Å². The van der Waals surface area contributed by atoms with Crippen LogP contribution in [0.4, 0.5) is 5.69 Å². The highest BCUT2D eigenvalue weighted by Crippen LogP contribution is 2.37. The molecule has 2 unspecified atom stereocenters. The molecule has 1 fully saturated rings. The first-order chi connectivity index (χ1) is 14.5. The van der Waals surface area contributed by atoms with E-state index < -0.39 is 0 Å². The number of hydrogen-bond acceptors (Lipinski definition) is 3. The zero-order chi connectivity index (χ0) is 21.1. The van der Waals surface area contributed by atoms with E-state index in [1.54, 1.807) is 6.20 Å². The number of nitrogens with one attached hydrogen (secondary N) is 3. The first-order valence-electron chi connectivity index (χ1n) is 10.0. The lowest BCUT2D eigenvalue weighted by Gasteiger charge is -2.26. The van der Waals surface area contributed by atoms with Gasteiger partial charge in [-0.25, -0.2) is 0 Å². The van der Waals surface area contributed by atoms with Crippen LogP contribution in [0.25, 0.3) is 0 Å². The minimum absolute atomic E-state index is 0.0296. The van der Waals surface area contributed by atoms with E-state index in [1.165, 1.54) is 0 Å².